The molecule has 132 valence electrons. The number of carbonyl (C=O) groups is 1. The van der Waals surface area contributed by atoms with Gasteiger partial charge in [0.25, 0.3) is 5.91 Å². The normalized spacial score (nSPS) is 17.6. The minimum atomic E-state index is -3.42. The lowest BCUT2D eigenvalue weighted by Crippen LogP contribution is -2.29. The molecule has 1 fully saturated rings. The van der Waals surface area contributed by atoms with E-state index >= 15 is 0 Å². The summed E-state index contributed by atoms with van der Waals surface area (Å²) in [5, 5.41) is 10.5. The van der Waals surface area contributed by atoms with Gasteiger partial charge in [-0.15, -0.1) is 12.3 Å². The van der Waals surface area contributed by atoms with Gasteiger partial charge in [-0.25, -0.2) is 8.42 Å². The van der Waals surface area contributed by atoms with Gasteiger partial charge in [-0.1, -0.05) is 12.1 Å². The number of amides is 1. The molecule has 7 nitrogen and oxygen atoms in total. The highest BCUT2D eigenvalue weighted by Gasteiger charge is 2.39. The van der Waals surface area contributed by atoms with Crippen LogP contribution in [0.2, 0.25) is 0 Å². The van der Waals surface area contributed by atoms with Gasteiger partial charge in [0, 0.05) is 25.8 Å². The molecule has 1 saturated carbocycles. The molecule has 8 heteroatoms. The summed E-state index contributed by atoms with van der Waals surface area (Å²) in [6, 6.07) is 6.58. The van der Waals surface area contributed by atoms with Gasteiger partial charge in [0.1, 0.15) is 0 Å². The van der Waals surface area contributed by atoms with Crippen molar-refractivity contribution in [3.63, 3.8) is 0 Å². The van der Waals surface area contributed by atoms with Crippen LogP contribution in [-0.4, -0.2) is 31.8 Å². The standard InChI is InChI=1S/C17H20N4O3S/c1-2-3-10-17(20-21-17)11-12-18-16(22)14-6-4-5-7-15(14)19-25(23,24)13-8-9-13/h1,4-7,13,19H,3,8-12H2,(H,18,22). The van der Waals surface area contributed by atoms with Gasteiger partial charge in [0.05, 0.1) is 16.5 Å². The Kier molecular flexibility index (Phi) is 4.77. The van der Waals surface area contributed by atoms with E-state index in [-0.39, 0.29) is 11.2 Å². The molecule has 25 heavy (non-hydrogen) atoms. The highest BCUT2D eigenvalue weighted by atomic mass is 32.2. The predicted molar refractivity (Wildman–Crippen MR) is 94.6 cm³/mol. The van der Waals surface area contributed by atoms with E-state index < -0.39 is 15.7 Å². The van der Waals surface area contributed by atoms with Crippen LogP contribution in [-0.2, 0) is 10.0 Å². The van der Waals surface area contributed by atoms with Gasteiger partial charge < -0.3 is 5.32 Å². The van der Waals surface area contributed by atoms with E-state index in [2.05, 4.69) is 26.2 Å². The van der Waals surface area contributed by atoms with Crippen molar-refractivity contribution >= 4 is 21.6 Å². The van der Waals surface area contributed by atoms with Gasteiger partial charge in [-0.2, -0.15) is 10.2 Å². The molecule has 2 N–H and O–H groups in total. The first-order valence-corrected chi connectivity index (χ1v) is 9.77. The summed E-state index contributed by atoms with van der Waals surface area (Å²) in [7, 11) is -3.42. The summed E-state index contributed by atoms with van der Waals surface area (Å²) >= 11 is 0. The Hall–Kier alpha value is -2.40. The van der Waals surface area contributed by atoms with E-state index in [0.717, 1.165) is 0 Å². The van der Waals surface area contributed by atoms with E-state index in [0.29, 0.717) is 49.9 Å². The van der Waals surface area contributed by atoms with Crippen molar-refractivity contribution in [2.75, 3.05) is 11.3 Å². The Morgan fingerprint density at radius 3 is 2.64 bits per heavy atom. The van der Waals surface area contributed by atoms with Gasteiger partial charge in [-0.05, 0) is 25.0 Å². The summed E-state index contributed by atoms with van der Waals surface area (Å²) in [6.07, 6.45) is 8.42. The van der Waals surface area contributed by atoms with Crippen LogP contribution in [0.4, 0.5) is 5.69 Å². The fraction of sp³-hybridized carbons (Fsp3) is 0.471. The smallest absolute Gasteiger partial charge is 0.253 e. The maximum Gasteiger partial charge on any atom is 0.253 e. The van der Waals surface area contributed by atoms with Gasteiger partial charge in [-0.3, -0.25) is 9.52 Å². The van der Waals surface area contributed by atoms with Crippen LogP contribution in [0.3, 0.4) is 0 Å². The van der Waals surface area contributed by atoms with E-state index in [1.165, 1.54) is 0 Å². The number of nitrogens with one attached hydrogen (secondary N) is 2. The second kappa shape index (κ2) is 6.84. The van der Waals surface area contributed by atoms with Crippen molar-refractivity contribution in [1.82, 2.24) is 5.32 Å². The molecule has 1 aromatic carbocycles. The van der Waals surface area contributed by atoms with Crippen molar-refractivity contribution in [1.29, 1.82) is 0 Å². The number of anilines is 1. The van der Waals surface area contributed by atoms with Crippen LogP contribution in [0.5, 0.6) is 0 Å². The lowest BCUT2D eigenvalue weighted by Gasteiger charge is -2.13. The number of hydrogen-bond acceptors (Lipinski definition) is 5. The molecule has 1 heterocycles. The highest BCUT2D eigenvalue weighted by Crippen LogP contribution is 2.36. The second-order valence-corrected chi connectivity index (χ2v) is 8.25. The van der Waals surface area contributed by atoms with Crippen molar-refractivity contribution in [3.8, 4) is 12.3 Å². The summed E-state index contributed by atoms with van der Waals surface area (Å²) in [4.78, 5) is 12.4. The van der Waals surface area contributed by atoms with Crippen LogP contribution >= 0.6 is 0 Å². The Labute approximate surface area is 147 Å². The first-order valence-electron chi connectivity index (χ1n) is 8.22. The largest absolute Gasteiger partial charge is 0.352 e. The molecule has 1 amide bonds. The van der Waals surface area contributed by atoms with E-state index in [9.17, 15) is 13.2 Å². The van der Waals surface area contributed by atoms with Gasteiger partial charge in [0.15, 0.2) is 5.66 Å². The number of carbonyl (C=O) groups excluding carboxylic acids is 1. The minimum Gasteiger partial charge on any atom is -0.352 e. The average Bonchev–Trinajstić information content (AvgIpc) is 3.47. The third-order valence-electron chi connectivity index (χ3n) is 4.25. The number of sulfonamides is 1. The van der Waals surface area contributed by atoms with Crippen LogP contribution in [0.15, 0.2) is 34.5 Å². The van der Waals surface area contributed by atoms with Crippen molar-refractivity contribution < 1.29 is 13.2 Å². The third-order valence-corrected chi connectivity index (χ3v) is 6.10. The van der Waals surface area contributed by atoms with Crippen LogP contribution in [0.25, 0.3) is 0 Å². The second-order valence-electron chi connectivity index (χ2n) is 6.28. The van der Waals surface area contributed by atoms with Gasteiger partial charge >= 0.3 is 0 Å². The number of terminal acetylenes is 1. The molecule has 1 aliphatic carbocycles. The Balaban J connectivity index is 1.58. The molecule has 0 atom stereocenters. The predicted octanol–water partition coefficient (Wildman–Crippen LogP) is 2.29. The molecule has 1 aromatic rings. The Morgan fingerprint density at radius 1 is 1.28 bits per heavy atom. The minimum absolute atomic E-state index is 0.300. The number of nitrogens with zero attached hydrogens (tertiary/aromatic N) is 2. The quantitative estimate of drug-likeness (QED) is 0.661. The van der Waals surface area contributed by atoms with Crippen LogP contribution in [0.1, 0.15) is 42.5 Å². The van der Waals surface area contributed by atoms with E-state index in [1.54, 1.807) is 24.3 Å². The first kappa shape index (κ1) is 17.4. The van der Waals surface area contributed by atoms with Crippen LogP contribution < -0.4 is 10.0 Å². The zero-order valence-corrected chi connectivity index (χ0v) is 14.6. The zero-order chi connectivity index (χ0) is 17.9. The maximum absolute atomic E-state index is 12.4. The summed E-state index contributed by atoms with van der Waals surface area (Å²) in [6.45, 7) is 0.389. The number of hydrogen-bond donors (Lipinski definition) is 2. The highest BCUT2D eigenvalue weighted by molar-refractivity contribution is 7.93. The van der Waals surface area contributed by atoms with Crippen molar-refractivity contribution in [2.45, 2.75) is 43.0 Å². The molecule has 0 bridgehead atoms. The molecule has 0 spiro atoms. The molecule has 1 aliphatic heterocycles. The number of benzene rings is 1. The summed E-state index contributed by atoms with van der Waals surface area (Å²) in [5.41, 5.74) is 0.149. The first-order chi connectivity index (χ1) is 12.0. The SMILES string of the molecule is C#CCCC1(CCNC(=O)c2ccccc2NS(=O)(=O)C2CC2)N=N1. The lowest BCUT2D eigenvalue weighted by atomic mass is 10.0. The van der Waals surface area contributed by atoms with Gasteiger partial charge in [0.2, 0.25) is 10.0 Å². The fourth-order valence-corrected chi connectivity index (χ4v) is 3.93. The molecule has 2 aliphatic rings. The molecule has 0 radical (unpaired) electrons. The Morgan fingerprint density at radius 2 is 2.00 bits per heavy atom. The number of para-hydroxylation sites is 1. The number of rotatable bonds is 9. The monoisotopic (exact) mass is 360 g/mol. The summed E-state index contributed by atoms with van der Waals surface area (Å²) in [5.74, 6) is 2.23. The van der Waals surface area contributed by atoms with Crippen molar-refractivity contribution in [3.05, 3.63) is 29.8 Å². The molecule has 0 unspecified atom stereocenters. The topological polar surface area (TPSA) is 100.0 Å². The third kappa shape index (κ3) is 4.37. The zero-order valence-electron chi connectivity index (χ0n) is 13.7. The molecule has 3 rings (SSSR count). The van der Waals surface area contributed by atoms with Crippen molar-refractivity contribution in [2.24, 2.45) is 10.2 Å². The fourth-order valence-electron chi connectivity index (χ4n) is 2.52. The summed E-state index contributed by atoms with van der Waals surface area (Å²) < 4.78 is 26.7. The molecule has 0 saturated heterocycles. The maximum atomic E-state index is 12.4. The Bertz CT molecular complexity index is 832. The van der Waals surface area contributed by atoms with E-state index in [1.807, 2.05) is 0 Å². The average molecular weight is 360 g/mol. The molecular weight excluding hydrogens is 340 g/mol. The molecular formula is C17H20N4O3S. The lowest BCUT2D eigenvalue weighted by molar-refractivity contribution is 0.0953. The van der Waals surface area contributed by atoms with Crippen LogP contribution in [0, 0.1) is 12.3 Å². The molecule has 0 aromatic heterocycles. The van der Waals surface area contributed by atoms with E-state index in [4.69, 9.17) is 6.42 Å².